The molecule has 1 N–H and O–H groups in total. The van der Waals surface area contributed by atoms with E-state index in [4.69, 9.17) is 0 Å². The predicted molar refractivity (Wildman–Crippen MR) is 88.6 cm³/mol. The summed E-state index contributed by atoms with van der Waals surface area (Å²) in [4.78, 5) is 6.99. The number of nitrogens with zero attached hydrogens (tertiary/aromatic N) is 2. The van der Waals surface area contributed by atoms with Gasteiger partial charge in [-0.25, -0.2) is 0 Å². The van der Waals surface area contributed by atoms with Gasteiger partial charge in [-0.2, -0.15) is 0 Å². The molecule has 4 heterocycles. The minimum absolute atomic E-state index is 0.267. The lowest BCUT2D eigenvalue weighted by molar-refractivity contribution is -0.0616. The van der Waals surface area contributed by atoms with Crippen molar-refractivity contribution in [1.82, 2.24) is 9.88 Å². The van der Waals surface area contributed by atoms with Crippen molar-refractivity contribution < 1.29 is 5.11 Å². The molecule has 5 atom stereocenters. The molecule has 116 valence electrons. The van der Waals surface area contributed by atoms with E-state index >= 15 is 0 Å². The second-order valence-electron chi connectivity index (χ2n) is 6.86. The Hall–Kier alpha value is -1.45. The molecule has 1 aromatic carbocycles. The van der Waals surface area contributed by atoms with Gasteiger partial charge in [-0.05, 0) is 55.8 Å². The van der Waals surface area contributed by atoms with Crippen LogP contribution in [0.4, 0.5) is 0 Å². The number of hydrogen-bond donors (Lipinski definition) is 1. The van der Waals surface area contributed by atoms with Crippen molar-refractivity contribution >= 4 is 10.9 Å². The summed E-state index contributed by atoms with van der Waals surface area (Å²) in [7, 11) is 0. The van der Waals surface area contributed by atoms with E-state index in [1.807, 2.05) is 30.5 Å². The molecule has 0 aliphatic carbocycles. The van der Waals surface area contributed by atoms with Gasteiger partial charge < -0.3 is 5.11 Å². The predicted octanol–water partition coefficient (Wildman–Crippen LogP) is 3.53. The number of pyridine rings is 1. The summed E-state index contributed by atoms with van der Waals surface area (Å²) < 4.78 is 0. The minimum atomic E-state index is -0.412. The maximum absolute atomic E-state index is 11.1. The van der Waals surface area contributed by atoms with E-state index < -0.39 is 6.10 Å². The van der Waals surface area contributed by atoms with E-state index in [2.05, 4.69) is 22.9 Å². The molecule has 3 aliphatic rings. The van der Waals surface area contributed by atoms with E-state index in [-0.39, 0.29) is 6.04 Å². The SMILES string of the molecule is CC[C@H]1C[C@@H]2CCN1[C@H]([C@H](O)c1ccnc3ccccc13)C2. The van der Waals surface area contributed by atoms with Gasteiger partial charge >= 0.3 is 0 Å². The monoisotopic (exact) mass is 296 g/mol. The molecule has 2 aromatic rings. The van der Waals surface area contributed by atoms with Crippen molar-refractivity contribution in [1.29, 1.82) is 0 Å². The Morgan fingerprint density at radius 2 is 2.14 bits per heavy atom. The van der Waals surface area contributed by atoms with Gasteiger partial charge in [0.05, 0.1) is 11.6 Å². The fraction of sp³-hybridized carbons (Fsp3) is 0.526. The lowest BCUT2D eigenvalue weighted by atomic mass is 9.75. The summed E-state index contributed by atoms with van der Waals surface area (Å²) in [6.45, 7) is 3.42. The molecule has 3 nitrogen and oxygen atoms in total. The molecule has 0 saturated carbocycles. The Balaban J connectivity index is 1.70. The van der Waals surface area contributed by atoms with Crippen molar-refractivity contribution in [3.8, 4) is 0 Å². The summed E-state index contributed by atoms with van der Waals surface area (Å²) in [5.41, 5.74) is 2.01. The van der Waals surface area contributed by atoms with Crippen LogP contribution in [0, 0.1) is 5.92 Å². The molecular formula is C19H24N2O. The molecular weight excluding hydrogens is 272 g/mol. The first-order valence-corrected chi connectivity index (χ1v) is 8.55. The topological polar surface area (TPSA) is 36.4 Å². The Labute approximate surface area is 132 Å². The molecule has 5 rings (SSSR count). The highest BCUT2D eigenvalue weighted by molar-refractivity contribution is 5.82. The van der Waals surface area contributed by atoms with E-state index in [1.54, 1.807) is 0 Å². The molecule has 22 heavy (non-hydrogen) atoms. The molecule has 3 aliphatic heterocycles. The summed E-state index contributed by atoms with van der Waals surface area (Å²) in [5, 5.41) is 12.2. The number of para-hydroxylation sites is 1. The number of aromatic nitrogens is 1. The lowest BCUT2D eigenvalue weighted by Crippen LogP contribution is -2.56. The third kappa shape index (κ3) is 2.24. The summed E-state index contributed by atoms with van der Waals surface area (Å²) >= 11 is 0. The van der Waals surface area contributed by atoms with Crippen LogP contribution in [0.3, 0.4) is 0 Å². The van der Waals surface area contributed by atoms with Gasteiger partial charge in [-0.1, -0.05) is 25.1 Å². The first-order chi connectivity index (χ1) is 10.8. The lowest BCUT2D eigenvalue weighted by Gasteiger charge is -2.52. The van der Waals surface area contributed by atoms with Gasteiger partial charge in [0.15, 0.2) is 0 Å². The third-order valence-electron chi connectivity index (χ3n) is 5.71. The number of piperidine rings is 3. The maximum Gasteiger partial charge on any atom is 0.0952 e. The van der Waals surface area contributed by atoms with Crippen molar-refractivity contribution in [2.24, 2.45) is 5.92 Å². The second-order valence-corrected chi connectivity index (χ2v) is 6.86. The maximum atomic E-state index is 11.1. The van der Waals surface area contributed by atoms with Crippen LogP contribution in [0.1, 0.15) is 44.3 Å². The van der Waals surface area contributed by atoms with E-state index in [0.29, 0.717) is 6.04 Å². The normalized spacial score (nSPS) is 32.3. The molecule has 3 heteroatoms. The van der Waals surface area contributed by atoms with Crippen LogP contribution in [0.2, 0.25) is 0 Å². The van der Waals surface area contributed by atoms with Crippen molar-refractivity contribution in [3.63, 3.8) is 0 Å². The highest BCUT2D eigenvalue weighted by atomic mass is 16.3. The first kappa shape index (κ1) is 14.2. The number of aliphatic hydroxyl groups excluding tert-OH is 1. The first-order valence-electron chi connectivity index (χ1n) is 8.55. The van der Waals surface area contributed by atoms with Gasteiger partial charge in [-0.3, -0.25) is 9.88 Å². The zero-order chi connectivity index (χ0) is 15.1. The quantitative estimate of drug-likeness (QED) is 0.941. The Morgan fingerprint density at radius 3 is 2.95 bits per heavy atom. The van der Waals surface area contributed by atoms with Gasteiger partial charge in [0, 0.05) is 23.7 Å². The zero-order valence-corrected chi connectivity index (χ0v) is 13.2. The Bertz CT molecular complexity index is 666. The van der Waals surface area contributed by atoms with Gasteiger partial charge in [0.2, 0.25) is 0 Å². The van der Waals surface area contributed by atoms with Crippen LogP contribution < -0.4 is 0 Å². The summed E-state index contributed by atoms with van der Waals surface area (Å²) in [5.74, 6) is 0.794. The van der Waals surface area contributed by atoms with Crippen LogP contribution in [0.25, 0.3) is 10.9 Å². The smallest absolute Gasteiger partial charge is 0.0952 e. The fourth-order valence-corrected chi connectivity index (χ4v) is 4.57. The number of aliphatic hydroxyl groups is 1. The zero-order valence-electron chi connectivity index (χ0n) is 13.2. The van der Waals surface area contributed by atoms with Crippen LogP contribution in [0.5, 0.6) is 0 Å². The number of hydrogen-bond acceptors (Lipinski definition) is 3. The number of fused-ring (bicyclic) bond motifs is 4. The summed E-state index contributed by atoms with van der Waals surface area (Å²) in [6, 6.07) is 11.1. The fourth-order valence-electron chi connectivity index (χ4n) is 4.57. The molecule has 0 radical (unpaired) electrons. The van der Waals surface area contributed by atoms with E-state index in [1.165, 1.54) is 19.3 Å². The molecule has 0 amide bonds. The third-order valence-corrected chi connectivity index (χ3v) is 5.71. The van der Waals surface area contributed by atoms with E-state index in [0.717, 1.165) is 35.3 Å². The largest absolute Gasteiger partial charge is 0.387 e. The molecule has 0 spiro atoms. The van der Waals surface area contributed by atoms with Crippen molar-refractivity contribution in [3.05, 3.63) is 42.1 Å². The molecule has 1 aromatic heterocycles. The van der Waals surface area contributed by atoms with Gasteiger partial charge in [-0.15, -0.1) is 0 Å². The Kier molecular flexibility index (Phi) is 3.63. The highest BCUT2D eigenvalue weighted by Crippen LogP contribution is 2.42. The average molecular weight is 296 g/mol. The van der Waals surface area contributed by atoms with Crippen LogP contribution >= 0.6 is 0 Å². The van der Waals surface area contributed by atoms with Crippen molar-refractivity contribution in [2.45, 2.75) is 50.8 Å². The van der Waals surface area contributed by atoms with E-state index in [9.17, 15) is 5.11 Å². The standard InChI is InChI=1S/C19H24N2O/c1-2-14-11-13-8-10-21(14)18(12-13)19(22)16-7-9-20-17-6-4-3-5-15(16)17/h3-7,9,13-14,18-19,22H,2,8,10-12H2,1H3/t13-,14-,18-,19+/m0/s1. The minimum Gasteiger partial charge on any atom is -0.387 e. The summed E-state index contributed by atoms with van der Waals surface area (Å²) in [6.07, 6.45) is 6.36. The average Bonchev–Trinajstić information content (AvgIpc) is 2.60. The number of benzene rings is 1. The molecule has 3 fully saturated rings. The molecule has 3 saturated heterocycles. The second kappa shape index (κ2) is 5.64. The van der Waals surface area contributed by atoms with Gasteiger partial charge in [0.1, 0.15) is 0 Å². The highest BCUT2D eigenvalue weighted by Gasteiger charge is 2.42. The Morgan fingerprint density at radius 1 is 1.27 bits per heavy atom. The van der Waals surface area contributed by atoms with Crippen LogP contribution in [-0.2, 0) is 0 Å². The van der Waals surface area contributed by atoms with Gasteiger partial charge in [0.25, 0.3) is 0 Å². The molecule has 2 bridgehead atoms. The molecule has 1 unspecified atom stereocenters. The number of rotatable bonds is 3. The van der Waals surface area contributed by atoms with Crippen LogP contribution in [0.15, 0.2) is 36.5 Å². The van der Waals surface area contributed by atoms with Crippen LogP contribution in [-0.4, -0.2) is 33.6 Å². The van der Waals surface area contributed by atoms with Crippen molar-refractivity contribution in [2.75, 3.05) is 6.54 Å².